The number of carbonyl (C=O) groups excluding carboxylic acids is 2. The van der Waals surface area contributed by atoms with Crippen molar-refractivity contribution in [1.82, 2.24) is 0 Å². The lowest BCUT2D eigenvalue weighted by molar-refractivity contribution is -0.161. The number of phosphoric ester groups is 1. The molecule has 0 saturated heterocycles. The number of unbranched alkanes of at least 4 members (excludes halogenated alkanes) is 8. The number of phosphoric acid groups is 1. The molecular weight excluding hydrogens is 735 g/mol. The molecule has 4 atom stereocenters. The van der Waals surface area contributed by atoms with E-state index in [1.807, 2.05) is 12.2 Å². The molecule has 0 amide bonds. The van der Waals surface area contributed by atoms with Gasteiger partial charge in [0.1, 0.15) is 12.7 Å². The lowest BCUT2D eigenvalue weighted by atomic mass is 10.1. The Balaban J connectivity index is 4.57. The maximum Gasteiger partial charge on any atom is 0.472 e. The summed E-state index contributed by atoms with van der Waals surface area (Å²) in [6, 6.07) is 0. The quantitative estimate of drug-likeness (QED) is 0.0155. The van der Waals surface area contributed by atoms with E-state index < -0.39 is 64.5 Å². The highest BCUT2D eigenvalue weighted by Crippen LogP contribution is 2.43. The lowest BCUT2D eigenvalue weighted by Crippen LogP contribution is -2.30. The molecule has 0 aliphatic carbocycles. The first-order valence-corrected chi connectivity index (χ1v) is 22.1. The molecule has 0 rings (SSSR count). The van der Waals surface area contributed by atoms with Gasteiger partial charge in [-0.3, -0.25) is 18.6 Å². The molecule has 0 aliphatic heterocycles. The van der Waals surface area contributed by atoms with E-state index in [4.69, 9.17) is 19.1 Å². The van der Waals surface area contributed by atoms with Gasteiger partial charge in [-0.25, -0.2) is 4.57 Å². The summed E-state index contributed by atoms with van der Waals surface area (Å²) in [6.45, 7) is 1.97. The zero-order valence-electron chi connectivity index (χ0n) is 34.2. The number of aliphatic hydroxyl groups excluding tert-OH is 3. The molecule has 56 heavy (non-hydrogen) atoms. The topological polar surface area (TPSA) is 169 Å². The number of allylic oxidation sites excluding steroid dienone is 13. The average molecular weight is 809 g/mol. The third kappa shape index (κ3) is 38.0. The van der Waals surface area contributed by atoms with E-state index in [1.54, 1.807) is 12.2 Å². The Labute approximate surface area is 337 Å². The number of ether oxygens (including phenoxy) is 2. The summed E-state index contributed by atoms with van der Waals surface area (Å²) in [5.74, 6) is -1.16. The summed E-state index contributed by atoms with van der Waals surface area (Å²) in [6.07, 6.45) is 41.5. The molecule has 320 valence electrons. The molecule has 0 heterocycles. The van der Waals surface area contributed by atoms with E-state index in [0.29, 0.717) is 19.3 Å². The number of carbonyl (C=O) groups is 2. The highest BCUT2D eigenvalue weighted by molar-refractivity contribution is 7.47. The molecule has 0 bridgehead atoms. The Hall–Kier alpha value is -2.89. The third-order valence-electron chi connectivity index (χ3n) is 8.14. The molecule has 0 aliphatic rings. The van der Waals surface area contributed by atoms with Crippen molar-refractivity contribution in [2.45, 2.75) is 154 Å². The van der Waals surface area contributed by atoms with Gasteiger partial charge in [0.05, 0.1) is 25.9 Å². The molecule has 0 radical (unpaired) electrons. The summed E-state index contributed by atoms with van der Waals surface area (Å²) in [5.41, 5.74) is 0. The largest absolute Gasteiger partial charge is 0.472 e. The average Bonchev–Trinajstić information content (AvgIpc) is 3.18. The standard InChI is InChI=1S/C44H73O11P/c1-3-5-7-9-11-13-15-17-18-20-22-24-26-28-30-34-44(49)55-42(39-54-56(50,51)53-37-41(47)36-45)38-52-43(48)35-31-33-40(46)32-29-27-25-23-21-19-16-14-12-10-8-6-4-2/h6,8,11-14,17-19,21,25,27,29,32,40-42,45-47H,3-5,7,9-10,15-16,20,22-24,26,28,30-31,33-39H2,1-2H3,(H,50,51)/b8-6-,13-11-,14-12-,18-17-,21-19-,27-25-,32-29+/t40?,41-,42+/m0/s1. The fraction of sp³-hybridized carbons (Fsp3) is 0.636. The highest BCUT2D eigenvalue weighted by Gasteiger charge is 2.27. The van der Waals surface area contributed by atoms with Crippen LogP contribution in [-0.4, -0.2) is 76.9 Å². The van der Waals surface area contributed by atoms with E-state index in [-0.39, 0.29) is 12.8 Å². The fourth-order valence-electron chi connectivity index (χ4n) is 4.93. The van der Waals surface area contributed by atoms with Crippen LogP contribution in [0.25, 0.3) is 0 Å². The Morgan fingerprint density at radius 3 is 1.82 bits per heavy atom. The zero-order chi connectivity index (χ0) is 41.4. The second kappa shape index (κ2) is 39.0. The maximum atomic E-state index is 12.6. The van der Waals surface area contributed by atoms with Gasteiger partial charge in [0.2, 0.25) is 0 Å². The molecule has 0 aromatic heterocycles. The first-order chi connectivity index (χ1) is 27.1. The molecule has 0 saturated carbocycles. The number of hydrogen-bond acceptors (Lipinski definition) is 10. The highest BCUT2D eigenvalue weighted by atomic mass is 31.2. The first-order valence-electron chi connectivity index (χ1n) is 20.7. The Morgan fingerprint density at radius 1 is 0.625 bits per heavy atom. The van der Waals surface area contributed by atoms with E-state index in [1.165, 1.54) is 19.3 Å². The van der Waals surface area contributed by atoms with Gasteiger partial charge in [0.25, 0.3) is 0 Å². The van der Waals surface area contributed by atoms with Crippen molar-refractivity contribution in [2.75, 3.05) is 26.4 Å². The van der Waals surface area contributed by atoms with Crippen LogP contribution in [0.1, 0.15) is 136 Å². The summed E-state index contributed by atoms with van der Waals surface area (Å²) in [7, 11) is -4.67. The second-order valence-electron chi connectivity index (χ2n) is 13.5. The maximum absolute atomic E-state index is 12.6. The van der Waals surface area contributed by atoms with Crippen LogP contribution in [0.2, 0.25) is 0 Å². The molecule has 0 spiro atoms. The molecule has 0 fully saturated rings. The summed E-state index contributed by atoms with van der Waals surface area (Å²) in [4.78, 5) is 34.9. The predicted molar refractivity (Wildman–Crippen MR) is 225 cm³/mol. The molecule has 0 aromatic carbocycles. The number of aliphatic hydroxyl groups is 3. The minimum absolute atomic E-state index is 0.00299. The molecule has 11 nitrogen and oxygen atoms in total. The summed E-state index contributed by atoms with van der Waals surface area (Å²) < 4.78 is 32.5. The van der Waals surface area contributed by atoms with Gasteiger partial charge in [-0.05, 0) is 77.0 Å². The Bertz CT molecular complexity index is 1220. The van der Waals surface area contributed by atoms with E-state index in [2.05, 4.69) is 79.1 Å². The van der Waals surface area contributed by atoms with E-state index in [0.717, 1.165) is 70.6 Å². The number of esters is 2. The van der Waals surface area contributed by atoms with Crippen molar-refractivity contribution < 1.29 is 52.9 Å². The molecule has 0 aromatic rings. The van der Waals surface area contributed by atoms with Gasteiger partial charge in [0, 0.05) is 12.8 Å². The predicted octanol–water partition coefficient (Wildman–Crippen LogP) is 9.63. The van der Waals surface area contributed by atoms with Gasteiger partial charge < -0.3 is 29.7 Å². The Morgan fingerprint density at radius 2 is 1.18 bits per heavy atom. The SMILES string of the molecule is CC/C=C\C/C=C\C/C=C\C/C=C\C=C\C(O)CCCC(=O)OC[C@H](COP(=O)(O)OC[C@@H](O)CO)OC(=O)CCCCCCC/C=C\C/C=C\CCCCC. The molecule has 12 heteroatoms. The second-order valence-corrected chi connectivity index (χ2v) is 14.9. The smallest absolute Gasteiger partial charge is 0.462 e. The molecular formula is C44H73O11P. The van der Waals surface area contributed by atoms with Crippen LogP contribution in [0.5, 0.6) is 0 Å². The van der Waals surface area contributed by atoms with Crippen molar-refractivity contribution in [2.24, 2.45) is 0 Å². The van der Waals surface area contributed by atoms with Crippen LogP contribution < -0.4 is 0 Å². The van der Waals surface area contributed by atoms with Crippen LogP contribution in [0, 0.1) is 0 Å². The lowest BCUT2D eigenvalue weighted by Gasteiger charge is -2.20. The number of rotatable bonds is 37. The van der Waals surface area contributed by atoms with Crippen molar-refractivity contribution in [3.05, 3.63) is 85.1 Å². The monoisotopic (exact) mass is 808 g/mol. The van der Waals surface area contributed by atoms with E-state index >= 15 is 0 Å². The zero-order valence-corrected chi connectivity index (χ0v) is 35.1. The fourth-order valence-corrected chi connectivity index (χ4v) is 5.72. The third-order valence-corrected chi connectivity index (χ3v) is 9.09. The van der Waals surface area contributed by atoms with Crippen LogP contribution in [-0.2, 0) is 32.7 Å². The number of hydrogen-bond donors (Lipinski definition) is 4. The van der Waals surface area contributed by atoms with Gasteiger partial charge >= 0.3 is 19.8 Å². The summed E-state index contributed by atoms with van der Waals surface area (Å²) in [5, 5.41) is 28.5. The minimum atomic E-state index is -4.67. The van der Waals surface area contributed by atoms with Gasteiger partial charge in [-0.15, -0.1) is 0 Å². The van der Waals surface area contributed by atoms with Crippen LogP contribution in [0.4, 0.5) is 0 Å². The first kappa shape index (κ1) is 53.1. The normalized spacial score (nSPS) is 15.3. The van der Waals surface area contributed by atoms with Crippen LogP contribution in [0.3, 0.4) is 0 Å². The minimum Gasteiger partial charge on any atom is -0.462 e. The van der Waals surface area contributed by atoms with Gasteiger partial charge in [-0.2, -0.15) is 0 Å². The van der Waals surface area contributed by atoms with Crippen molar-refractivity contribution >= 4 is 19.8 Å². The van der Waals surface area contributed by atoms with Crippen molar-refractivity contribution in [3.8, 4) is 0 Å². The Kier molecular flexibility index (Phi) is 36.9. The van der Waals surface area contributed by atoms with Crippen LogP contribution >= 0.6 is 7.82 Å². The molecule has 2 unspecified atom stereocenters. The molecule has 4 N–H and O–H groups in total. The van der Waals surface area contributed by atoms with Crippen molar-refractivity contribution in [1.29, 1.82) is 0 Å². The summed E-state index contributed by atoms with van der Waals surface area (Å²) >= 11 is 0. The van der Waals surface area contributed by atoms with Crippen molar-refractivity contribution in [3.63, 3.8) is 0 Å². The van der Waals surface area contributed by atoms with E-state index in [9.17, 15) is 29.3 Å². The van der Waals surface area contributed by atoms with Gasteiger partial charge in [0.15, 0.2) is 6.10 Å². The van der Waals surface area contributed by atoms with Crippen LogP contribution in [0.15, 0.2) is 85.1 Å². The van der Waals surface area contributed by atoms with Gasteiger partial charge in [-0.1, -0.05) is 131 Å².